The first-order valence-corrected chi connectivity index (χ1v) is 12.2. The Bertz CT molecular complexity index is 858. The van der Waals surface area contributed by atoms with Crippen molar-refractivity contribution in [2.75, 3.05) is 14.2 Å². The molecule has 2 aromatic carbocycles. The number of nitrogens with zero attached hydrogens (tertiary/aromatic N) is 1. The highest BCUT2D eigenvalue weighted by Crippen LogP contribution is 2.28. The van der Waals surface area contributed by atoms with Crippen molar-refractivity contribution in [3.8, 4) is 11.5 Å². The number of methoxy groups -OCH3 is 2. The molecule has 0 aliphatic heterocycles. The minimum Gasteiger partial charge on any atom is -0.497 e. The molecular formula is C25H35NO4S. The molecule has 2 rings (SSSR count). The Labute approximate surface area is 187 Å². The topological polar surface area (TPSA) is 55.8 Å². The molecule has 5 nitrogen and oxygen atoms in total. The van der Waals surface area contributed by atoms with Gasteiger partial charge in [-0.2, -0.15) is 4.31 Å². The van der Waals surface area contributed by atoms with E-state index in [0.29, 0.717) is 25.9 Å². The van der Waals surface area contributed by atoms with Crippen LogP contribution in [0.2, 0.25) is 0 Å². The lowest BCUT2D eigenvalue weighted by Crippen LogP contribution is -2.41. The van der Waals surface area contributed by atoms with Crippen molar-refractivity contribution in [1.29, 1.82) is 0 Å². The fourth-order valence-corrected chi connectivity index (χ4v) is 6.00. The van der Waals surface area contributed by atoms with Crippen molar-refractivity contribution in [3.05, 3.63) is 72.3 Å². The zero-order valence-corrected chi connectivity index (χ0v) is 19.9. The fraction of sp³-hybridized carbons (Fsp3) is 0.440. The molecule has 0 heterocycles. The maximum atomic E-state index is 13.8. The molecule has 0 aromatic heterocycles. The van der Waals surface area contributed by atoms with E-state index in [1.807, 2.05) is 62.4 Å². The normalized spacial score (nSPS) is 13.6. The summed E-state index contributed by atoms with van der Waals surface area (Å²) in [5.41, 5.74) is 1.84. The molecule has 0 unspecified atom stereocenters. The summed E-state index contributed by atoms with van der Waals surface area (Å²) in [5.74, 6) is 1.49. The van der Waals surface area contributed by atoms with Gasteiger partial charge in [-0.15, -0.1) is 6.58 Å². The Balaban J connectivity index is 2.39. The van der Waals surface area contributed by atoms with E-state index < -0.39 is 15.3 Å². The highest BCUT2D eigenvalue weighted by Gasteiger charge is 2.35. The molecule has 170 valence electrons. The van der Waals surface area contributed by atoms with Crippen molar-refractivity contribution in [3.63, 3.8) is 0 Å². The number of hydrogen-bond acceptors (Lipinski definition) is 4. The summed E-state index contributed by atoms with van der Waals surface area (Å²) in [7, 11) is -0.318. The van der Waals surface area contributed by atoms with Gasteiger partial charge in [-0.25, -0.2) is 8.42 Å². The third-order valence-corrected chi connectivity index (χ3v) is 7.97. The van der Waals surface area contributed by atoms with Crippen LogP contribution in [0.15, 0.2) is 61.2 Å². The van der Waals surface area contributed by atoms with Gasteiger partial charge in [0.25, 0.3) is 0 Å². The Hall–Kier alpha value is -2.31. The highest BCUT2D eigenvalue weighted by atomic mass is 32.2. The molecule has 0 aliphatic rings. The second kappa shape index (κ2) is 11.9. The van der Waals surface area contributed by atoms with Gasteiger partial charge in [0.2, 0.25) is 10.0 Å². The van der Waals surface area contributed by atoms with E-state index in [1.54, 1.807) is 24.6 Å². The van der Waals surface area contributed by atoms with Crippen molar-refractivity contribution in [1.82, 2.24) is 4.31 Å². The maximum Gasteiger partial charge on any atom is 0.217 e. The molecule has 0 saturated carbocycles. The summed E-state index contributed by atoms with van der Waals surface area (Å²) in [5, 5.41) is -0.452. The monoisotopic (exact) mass is 445 g/mol. The van der Waals surface area contributed by atoms with Crippen LogP contribution < -0.4 is 9.47 Å². The second-order valence-electron chi connectivity index (χ2n) is 7.84. The predicted molar refractivity (Wildman–Crippen MR) is 127 cm³/mol. The van der Waals surface area contributed by atoms with Crippen molar-refractivity contribution >= 4 is 10.0 Å². The lowest BCUT2D eigenvalue weighted by atomic mass is 10.0. The van der Waals surface area contributed by atoms with E-state index >= 15 is 0 Å². The highest BCUT2D eigenvalue weighted by molar-refractivity contribution is 7.89. The van der Waals surface area contributed by atoms with Gasteiger partial charge in [0.15, 0.2) is 0 Å². The molecule has 0 spiro atoms. The first-order chi connectivity index (χ1) is 14.8. The van der Waals surface area contributed by atoms with Crippen molar-refractivity contribution in [2.24, 2.45) is 5.92 Å². The van der Waals surface area contributed by atoms with Gasteiger partial charge >= 0.3 is 0 Å². The molecule has 0 amide bonds. The number of rotatable bonds is 13. The molecule has 0 aliphatic carbocycles. The number of sulfonamides is 1. The molecular weight excluding hydrogens is 410 g/mol. The quantitative estimate of drug-likeness (QED) is 0.387. The van der Waals surface area contributed by atoms with Crippen LogP contribution in [0.4, 0.5) is 0 Å². The van der Waals surface area contributed by atoms with Gasteiger partial charge in [-0.05, 0) is 54.2 Å². The Morgan fingerprint density at radius 2 is 1.39 bits per heavy atom. The first kappa shape index (κ1) is 25.0. The van der Waals surface area contributed by atoms with E-state index in [0.717, 1.165) is 29.0 Å². The summed E-state index contributed by atoms with van der Waals surface area (Å²) in [6, 6.07) is 15.1. The van der Waals surface area contributed by atoms with Gasteiger partial charge in [-0.3, -0.25) is 0 Å². The average molecular weight is 446 g/mol. The number of ether oxygens (including phenoxy) is 2. The summed E-state index contributed by atoms with van der Waals surface area (Å²) in [4.78, 5) is 0. The van der Waals surface area contributed by atoms with Crippen LogP contribution in [0, 0.1) is 5.92 Å². The van der Waals surface area contributed by atoms with Gasteiger partial charge < -0.3 is 9.47 Å². The molecule has 0 bridgehead atoms. The number of benzene rings is 2. The fourth-order valence-electron chi connectivity index (χ4n) is 3.72. The van der Waals surface area contributed by atoms with Crippen molar-refractivity contribution < 1.29 is 17.9 Å². The van der Waals surface area contributed by atoms with Crippen LogP contribution in [-0.2, 0) is 23.1 Å². The van der Waals surface area contributed by atoms with Crippen LogP contribution >= 0.6 is 0 Å². The molecule has 6 heteroatoms. The van der Waals surface area contributed by atoms with Gasteiger partial charge in [0.05, 0.1) is 19.5 Å². The molecule has 0 radical (unpaired) electrons. The molecule has 0 fully saturated rings. The van der Waals surface area contributed by atoms with Gasteiger partial charge in [0, 0.05) is 13.1 Å². The first-order valence-electron chi connectivity index (χ1n) is 10.7. The molecule has 0 N–H and O–H groups in total. The molecule has 31 heavy (non-hydrogen) atoms. The maximum absolute atomic E-state index is 13.8. The lowest BCUT2D eigenvalue weighted by Gasteiger charge is -2.31. The largest absolute Gasteiger partial charge is 0.497 e. The SMILES string of the molecule is C=CC[C@H](C)[C@@H](CCC)S(=O)(=O)N(Cc1ccc(OC)cc1)Cc1ccc(OC)cc1. The number of allylic oxidation sites excluding steroid dienone is 1. The van der Waals surface area contributed by atoms with Crippen LogP contribution in [0.3, 0.4) is 0 Å². The zero-order chi connectivity index (χ0) is 22.9. The summed E-state index contributed by atoms with van der Waals surface area (Å²) < 4.78 is 39.7. The van der Waals surface area contributed by atoms with Gasteiger partial charge in [0.1, 0.15) is 11.5 Å². The summed E-state index contributed by atoms with van der Waals surface area (Å²) in [6.45, 7) is 8.44. The van der Waals surface area contributed by atoms with Gasteiger partial charge in [-0.1, -0.05) is 50.6 Å². The van der Waals surface area contributed by atoms with Crippen molar-refractivity contribution in [2.45, 2.75) is 51.4 Å². The predicted octanol–water partition coefficient (Wildman–Crippen LogP) is 5.42. The van der Waals surface area contributed by atoms with E-state index in [4.69, 9.17) is 9.47 Å². The third kappa shape index (κ3) is 6.84. The standard InChI is InChI=1S/C25H35NO4S/c1-6-8-20(3)25(9-7-2)31(27,28)26(18-21-10-14-23(29-4)15-11-21)19-22-12-16-24(30-5)17-13-22/h6,10-17,20,25H,1,7-9,18-19H2,2-5H3/t20-,25+/m0/s1. The third-order valence-electron chi connectivity index (χ3n) is 5.52. The average Bonchev–Trinajstić information content (AvgIpc) is 2.78. The van der Waals surface area contributed by atoms with E-state index in [2.05, 4.69) is 6.58 Å². The van der Waals surface area contributed by atoms with E-state index in [9.17, 15) is 8.42 Å². The molecule has 0 saturated heterocycles. The Morgan fingerprint density at radius 3 is 1.74 bits per heavy atom. The lowest BCUT2D eigenvalue weighted by molar-refractivity contribution is 0.373. The van der Waals surface area contributed by atoms with Crippen LogP contribution in [0.5, 0.6) is 11.5 Å². The van der Waals surface area contributed by atoms with E-state index in [1.165, 1.54) is 0 Å². The summed E-state index contributed by atoms with van der Waals surface area (Å²) in [6.07, 6.45) is 3.91. The number of hydrogen-bond donors (Lipinski definition) is 0. The molecule has 2 aromatic rings. The van der Waals surface area contributed by atoms with Crippen LogP contribution in [0.1, 0.15) is 44.2 Å². The summed E-state index contributed by atoms with van der Waals surface area (Å²) >= 11 is 0. The minimum atomic E-state index is -3.55. The zero-order valence-electron chi connectivity index (χ0n) is 19.1. The Morgan fingerprint density at radius 1 is 0.935 bits per heavy atom. The van der Waals surface area contributed by atoms with Crippen LogP contribution in [-0.4, -0.2) is 32.2 Å². The van der Waals surface area contributed by atoms with E-state index in [-0.39, 0.29) is 5.92 Å². The minimum absolute atomic E-state index is 0.00307. The Kier molecular flexibility index (Phi) is 9.59. The molecule has 2 atom stereocenters. The smallest absolute Gasteiger partial charge is 0.217 e. The second-order valence-corrected chi connectivity index (χ2v) is 9.99. The van der Waals surface area contributed by atoms with Crippen LogP contribution in [0.25, 0.3) is 0 Å².